The van der Waals surface area contributed by atoms with Gasteiger partial charge >= 0.3 is 5.97 Å². The van der Waals surface area contributed by atoms with Gasteiger partial charge in [-0.3, -0.25) is 4.79 Å². The zero-order valence-corrected chi connectivity index (χ0v) is 14.8. The van der Waals surface area contributed by atoms with E-state index in [4.69, 9.17) is 0 Å². The Morgan fingerprint density at radius 3 is 2.52 bits per heavy atom. The van der Waals surface area contributed by atoms with Gasteiger partial charge in [-0.2, -0.15) is 4.31 Å². The van der Waals surface area contributed by atoms with Gasteiger partial charge in [0.1, 0.15) is 0 Å². The number of aromatic nitrogens is 3. The van der Waals surface area contributed by atoms with Gasteiger partial charge in [-0.05, 0) is 21.8 Å². The first-order valence-electron chi connectivity index (χ1n) is 6.32. The standard InChI is InChI=1S/C11H19BrN4O4S/c1-8(2)7-16(6-5-9(17)20-4)21(18,19)11-10(12)13-14-15(11)3/h8H,5-7H2,1-4H3. The number of ether oxygens (including phenoxy) is 1. The molecular weight excluding hydrogens is 364 g/mol. The van der Waals surface area contributed by atoms with Crippen LogP contribution in [0.5, 0.6) is 0 Å². The van der Waals surface area contributed by atoms with E-state index >= 15 is 0 Å². The summed E-state index contributed by atoms with van der Waals surface area (Å²) in [4.78, 5) is 11.3. The van der Waals surface area contributed by atoms with Gasteiger partial charge in [-0.25, -0.2) is 13.1 Å². The lowest BCUT2D eigenvalue weighted by Gasteiger charge is -2.23. The Bertz CT molecular complexity index is 580. The van der Waals surface area contributed by atoms with Crippen LogP contribution in [0, 0.1) is 5.92 Å². The molecule has 0 saturated carbocycles. The second-order valence-electron chi connectivity index (χ2n) is 4.89. The Kier molecular flexibility index (Phi) is 6.29. The van der Waals surface area contributed by atoms with Gasteiger partial charge in [0.05, 0.1) is 13.5 Å². The second-order valence-corrected chi connectivity index (χ2v) is 7.50. The Labute approximate surface area is 132 Å². The maximum absolute atomic E-state index is 12.7. The SMILES string of the molecule is COC(=O)CCN(CC(C)C)S(=O)(=O)c1c(Br)nnn1C. The fourth-order valence-electron chi connectivity index (χ4n) is 1.75. The van der Waals surface area contributed by atoms with Crippen LogP contribution >= 0.6 is 15.9 Å². The van der Waals surface area contributed by atoms with E-state index in [0.29, 0.717) is 0 Å². The fourth-order valence-corrected chi connectivity index (χ4v) is 4.39. The molecule has 0 aliphatic heterocycles. The summed E-state index contributed by atoms with van der Waals surface area (Å²) in [6.45, 7) is 4.14. The van der Waals surface area contributed by atoms with E-state index in [1.54, 1.807) is 0 Å². The van der Waals surface area contributed by atoms with Crippen LogP contribution in [0.25, 0.3) is 0 Å². The zero-order chi connectivity index (χ0) is 16.2. The molecule has 0 bridgehead atoms. The molecule has 0 fully saturated rings. The van der Waals surface area contributed by atoms with Crippen molar-refractivity contribution in [2.75, 3.05) is 20.2 Å². The molecule has 8 nitrogen and oxygen atoms in total. The van der Waals surface area contributed by atoms with Crippen molar-refractivity contribution in [2.24, 2.45) is 13.0 Å². The topological polar surface area (TPSA) is 94.4 Å². The van der Waals surface area contributed by atoms with Crippen LogP contribution in [0.1, 0.15) is 20.3 Å². The largest absolute Gasteiger partial charge is 0.469 e. The molecule has 0 N–H and O–H groups in total. The summed E-state index contributed by atoms with van der Waals surface area (Å²) < 4.78 is 32.6. The smallest absolute Gasteiger partial charge is 0.306 e. The first-order valence-corrected chi connectivity index (χ1v) is 8.55. The summed E-state index contributed by atoms with van der Waals surface area (Å²) in [6.07, 6.45) is -0.00858. The van der Waals surface area contributed by atoms with Crippen LogP contribution in [0.4, 0.5) is 0 Å². The number of methoxy groups -OCH3 is 1. The van der Waals surface area contributed by atoms with Crippen molar-refractivity contribution in [1.82, 2.24) is 19.3 Å². The van der Waals surface area contributed by atoms with Gasteiger partial charge in [-0.1, -0.05) is 19.1 Å². The summed E-state index contributed by atoms with van der Waals surface area (Å²) in [7, 11) is -1.03. The predicted molar refractivity (Wildman–Crippen MR) is 78.9 cm³/mol. The summed E-state index contributed by atoms with van der Waals surface area (Å²) in [5.41, 5.74) is 0. The molecule has 1 aromatic rings. The minimum Gasteiger partial charge on any atom is -0.469 e. The Morgan fingerprint density at radius 2 is 2.10 bits per heavy atom. The molecule has 0 atom stereocenters. The van der Waals surface area contributed by atoms with Crippen molar-refractivity contribution in [3.05, 3.63) is 4.60 Å². The number of rotatable bonds is 7. The van der Waals surface area contributed by atoms with Crippen molar-refractivity contribution in [3.8, 4) is 0 Å². The van der Waals surface area contributed by atoms with E-state index in [9.17, 15) is 13.2 Å². The number of halogens is 1. The molecule has 10 heteroatoms. The average Bonchev–Trinajstić information content (AvgIpc) is 2.73. The number of sulfonamides is 1. The van der Waals surface area contributed by atoms with Gasteiger partial charge in [0.15, 0.2) is 4.60 Å². The third-order valence-corrected chi connectivity index (χ3v) is 5.44. The summed E-state index contributed by atoms with van der Waals surface area (Å²) in [5, 5.41) is 7.33. The van der Waals surface area contributed by atoms with Gasteiger partial charge < -0.3 is 4.74 Å². The van der Waals surface area contributed by atoms with Gasteiger partial charge in [0.2, 0.25) is 5.03 Å². The number of carbonyl (C=O) groups excluding carboxylic acids is 1. The molecule has 120 valence electrons. The Morgan fingerprint density at radius 1 is 1.48 bits per heavy atom. The molecule has 0 spiro atoms. The normalized spacial score (nSPS) is 12.1. The number of nitrogens with zero attached hydrogens (tertiary/aromatic N) is 4. The molecule has 21 heavy (non-hydrogen) atoms. The van der Waals surface area contributed by atoms with Crippen molar-refractivity contribution >= 4 is 31.9 Å². The third-order valence-electron chi connectivity index (χ3n) is 2.68. The van der Waals surface area contributed by atoms with Crippen molar-refractivity contribution < 1.29 is 17.9 Å². The number of hydrogen-bond acceptors (Lipinski definition) is 6. The van der Waals surface area contributed by atoms with E-state index in [2.05, 4.69) is 31.0 Å². The third kappa shape index (κ3) is 4.48. The molecule has 0 amide bonds. The van der Waals surface area contributed by atoms with Crippen molar-refractivity contribution in [2.45, 2.75) is 25.3 Å². The van der Waals surface area contributed by atoms with Crippen LogP contribution in [-0.4, -0.2) is 53.9 Å². The van der Waals surface area contributed by atoms with Crippen molar-refractivity contribution in [3.63, 3.8) is 0 Å². The highest BCUT2D eigenvalue weighted by atomic mass is 79.9. The zero-order valence-electron chi connectivity index (χ0n) is 12.4. The highest BCUT2D eigenvalue weighted by Crippen LogP contribution is 2.23. The quantitative estimate of drug-likeness (QED) is 0.646. The second kappa shape index (κ2) is 7.32. The molecule has 1 aromatic heterocycles. The van der Waals surface area contributed by atoms with Crippen LogP contribution < -0.4 is 0 Å². The van der Waals surface area contributed by atoms with E-state index in [1.807, 2.05) is 13.8 Å². The molecule has 0 aromatic carbocycles. The monoisotopic (exact) mass is 382 g/mol. The summed E-state index contributed by atoms with van der Waals surface area (Å²) in [6, 6.07) is 0. The molecule has 0 aliphatic rings. The molecule has 1 heterocycles. The molecular formula is C11H19BrN4O4S. The van der Waals surface area contributed by atoms with E-state index in [1.165, 1.54) is 23.1 Å². The predicted octanol–water partition coefficient (Wildman–Crippen LogP) is 0.787. The Hall–Kier alpha value is -1.00. The molecule has 0 saturated heterocycles. The molecule has 0 aliphatic carbocycles. The molecule has 0 unspecified atom stereocenters. The van der Waals surface area contributed by atoms with Crippen LogP contribution in [-0.2, 0) is 26.6 Å². The van der Waals surface area contributed by atoms with Gasteiger partial charge in [-0.15, -0.1) is 5.10 Å². The van der Waals surface area contributed by atoms with Gasteiger partial charge in [0.25, 0.3) is 10.0 Å². The van der Waals surface area contributed by atoms with Gasteiger partial charge in [0, 0.05) is 20.1 Å². The van der Waals surface area contributed by atoms with E-state index < -0.39 is 16.0 Å². The van der Waals surface area contributed by atoms with Crippen molar-refractivity contribution in [1.29, 1.82) is 0 Å². The highest BCUT2D eigenvalue weighted by Gasteiger charge is 2.31. The number of hydrogen-bond donors (Lipinski definition) is 0. The van der Waals surface area contributed by atoms with Crippen LogP contribution in [0.15, 0.2) is 9.63 Å². The lowest BCUT2D eigenvalue weighted by molar-refractivity contribution is -0.140. The molecule has 1 rings (SSSR count). The molecule has 0 radical (unpaired) electrons. The summed E-state index contributed by atoms with van der Waals surface area (Å²) >= 11 is 3.09. The number of aryl methyl sites for hydroxylation is 1. The first kappa shape index (κ1) is 18.1. The maximum Gasteiger partial charge on any atom is 0.306 e. The lowest BCUT2D eigenvalue weighted by atomic mass is 10.2. The Balaban J connectivity index is 3.09. The van der Waals surface area contributed by atoms with Crippen LogP contribution in [0.2, 0.25) is 0 Å². The van der Waals surface area contributed by atoms with Crippen LogP contribution in [0.3, 0.4) is 0 Å². The fraction of sp³-hybridized carbons (Fsp3) is 0.727. The average molecular weight is 383 g/mol. The lowest BCUT2D eigenvalue weighted by Crippen LogP contribution is -2.37. The first-order chi connectivity index (χ1) is 9.70. The summed E-state index contributed by atoms with van der Waals surface area (Å²) in [5.74, 6) is -0.349. The minimum absolute atomic E-state index is 0.00858. The minimum atomic E-state index is -3.80. The van der Waals surface area contributed by atoms with E-state index in [-0.39, 0.29) is 35.1 Å². The van der Waals surface area contributed by atoms with E-state index in [0.717, 1.165) is 0 Å². The number of carbonyl (C=O) groups is 1. The number of esters is 1. The maximum atomic E-state index is 12.7. The highest BCUT2D eigenvalue weighted by molar-refractivity contribution is 9.10.